The van der Waals surface area contributed by atoms with Crippen LogP contribution in [0.3, 0.4) is 0 Å². The molecule has 1 aromatic heterocycles. The van der Waals surface area contributed by atoms with Crippen LogP contribution in [-0.4, -0.2) is 36.1 Å². The van der Waals surface area contributed by atoms with Gasteiger partial charge < -0.3 is 14.8 Å². The zero-order chi connectivity index (χ0) is 10.7. The average molecular weight is 207 g/mol. The SMILES string of the molecule is CN(C)CCn1ccc(CNC2CC2)c1. The molecule has 1 N–H and O–H groups in total. The van der Waals surface area contributed by atoms with Crippen molar-refractivity contribution in [1.82, 2.24) is 14.8 Å². The average Bonchev–Trinajstić information content (AvgIpc) is 2.92. The van der Waals surface area contributed by atoms with Crippen molar-refractivity contribution in [1.29, 1.82) is 0 Å². The van der Waals surface area contributed by atoms with Crippen molar-refractivity contribution < 1.29 is 0 Å². The highest BCUT2D eigenvalue weighted by Crippen LogP contribution is 2.19. The van der Waals surface area contributed by atoms with Crippen LogP contribution in [0.15, 0.2) is 18.5 Å². The summed E-state index contributed by atoms with van der Waals surface area (Å²) in [5, 5.41) is 3.53. The first kappa shape index (κ1) is 10.7. The first-order valence-electron chi connectivity index (χ1n) is 5.77. The van der Waals surface area contributed by atoms with E-state index < -0.39 is 0 Å². The lowest BCUT2D eigenvalue weighted by Crippen LogP contribution is -2.18. The molecule has 3 nitrogen and oxygen atoms in total. The summed E-state index contributed by atoms with van der Waals surface area (Å²) in [6.45, 7) is 3.21. The van der Waals surface area contributed by atoms with E-state index in [0.29, 0.717) is 0 Å². The second kappa shape index (κ2) is 4.81. The maximum Gasteiger partial charge on any atom is 0.0347 e. The number of hydrogen-bond acceptors (Lipinski definition) is 2. The van der Waals surface area contributed by atoms with Gasteiger partial charge in [-0.2, -0.15) is 0 Å². The Labute approximate surface area is 92.1 Å². The van der Waals surface area contributed by atoms with Crippen LogP contribution in [0.4, 0.5) is 0 Å². The molecule has 1 aromatic rings. The van der Waals surface area contributed by atoms with Gasteiger partial charge in [0.15, 0.2) is 0 Å². The molecule has 1 aliphatic rings. The largest absolute Gasteiger partial charge is 0.353 e. The lowest BCUT2D eigenvalue weighted by Gasteiger charge is -2.09. The first-order chi connectivity index (χ1) is 7.24. The highest BCUT2D eigenvalue weighted by Gasteiger charge is 2.19. The van der Waals surface area contributed by atoms with Gasteiger partial charge in [-0.15, -0.1) is 0 Å². The molecule has 0 aromatic carbocycles. The van der Waals surface area contributed by atoms with Gasteiger partial charge in [0.1, 0.15) is 0 Å². The van der Waals surface area contributed by atoms with E-state index in [4.69, 9.17) is 0 Å². The fourth-order valence-electron chi connectivity index (χ4n) is 1.60. The van der Waals surface area contributed by atoms with Crippen LogP contribution in [0.2, 0.25) is 0 Å². The monoisotopic (exact) mass is 207 g/mol. The Hall–Kier alpha value is -0.800. The molecule has 1 fully saturated rings. The molecular weight excluding hydrogens is 186 g/mol. The van der Waals surface area contributed by atoms with Crippen LogP contribution in [0, 0.1) is 0 Å². The highest BCUT2D eigenvalue weighted by atomic mass is 15.1. The molecule has 0 aliphatic heterocycles. The Morgan fingerprint density at radius 1 is 1.47 bits per heavy atom. The molecule has 0 atom stereocenters. The molecule has 0 radical (unpaired) electrons. The molecule has 0 bridgehead atoms. The molecule has 1 heterocycles. The van der Waals surface area contributed by atoms with Crippen LogP contribution in [0.5, 0.6) is 0 Å². The Bertz CT molecular complexity index is 279. The number of nitrogens with one attached hydrogen (secondary N) is 1. The minimum absolute atomic E-state index is 0.801. The topological polar surface area (TPSA) is 20.2 Å². The Balaban J connectivity index is 1.75. The number of hydrogen-bond donors (Lipinski definition) is 1. The van der Waals surface area contributed by atoms with E-state index in [1.807, 2.05) is 0 Å². The quantitative estimate of drug-likeness (QED) is 0.759. The third-order valence-corrected chi connectivity index (χ3v) is 2.79. The van der Waals surface area contributed by atoms with Crippen molar-refractivity contribution in [3.63, 3.8) is 0 Å². The van der Waals surface area contributed by atoms with E-state index in [1.54, 1.807) is 0 Å². The maximum absolute atomic E-state index is 3.53. The number of aromatic nitrogens is 1. The van der Waals surface area contributed by atoms with Crippen LogP contribution in [0.1, 0.15) is 18.4 Å². The molecule has 3 heteroatoms. The van der Waals surface area contributed by atoms with Crippen molar-refractivity contribution >= 4 is 0 Å². The van der Waals surface area contributed by atoms with E-state index in [-0.39, 0.29) is 0 Å². The Morgan fingerprint density at radius 2 is 2.27 bits per heavy atom. The predicted molar refractivity (Wildman–Crippen MR) is 62.8 cm³/mol. The summed E-state index contributed by atoms with van der Waals surface area (Å²) in [6, 6.07) is 3.01. The van der Waals surface area contributed by atoms with E-state index in [1.165, 1.54) is 18.4 Å². The van der Waals surface area contributed by atoms with E-state index in [9.17, 15) is 0 Å². The zero-order valence-electron chi connectivity index (χ0n) is 9.74. The molecule has 0 unspecified atom stereocenters. The van der Waals surface area contributed by atoms with Gasteiger partial charge >= 0.3 is 0 Å². The van der Waals surface area contributed by atoms with Crippen LogP contribution < -0.4 is 5.32 Å². The molecular formula is C12H21N3. The molecule has 1 saturated carbocycles. The van der Waals surface area contributed by atoms with Crippen LogP contribution in [0.25, 0.3) is 0 Å². The van der Waals surface area contributed by atoms with Crippen LogP contribution in [-0.2, 0) is 13.1 Å². The summed E-state index contributed by atoms with van der Waals surface area (Å²) >= 11 is 0. The molecule has 2 rings (SSSR count). The van der Waals surface area contributed by atoms with Gasteiger partial charge in [0.2, 0.25) is 0 Å². The summed E-state index contributed by atoms with van der Waals surface area (Å²) in [7, 11) is 4.22. The first-order valence-corrected chi connectivity index (χ1v) is 5.77. The summed E-state index contributed by atoms with van der Waals surface area (Å²) in [6.07, 6.45) is 7.15. The summed E-state index contributed by atoms with van der Waals surface area (Å²) in [4.78, 5) is 2.21. The van der Waals surface area contributed by atoms with Gasteiger partial charge in [-0.1, -0.05) is 0 Å². The van der Waals surface area contributed by atoms with Gasteiger partial charge in [0, 0.05) is 38.1 Å². The molecule has 0 saturated heterocycles. The minimum Gasteiger partial charge on any atom is -0.353 e. The van der Waals surface area contributed by atoms with Crippen molar-refractivity contribution in [3.8, 4) is 0 Å². The molecule has 0 amide bonds. The number of rotatable bonds is 6. The number of likely N-dealkylation sites (N-methyl/N-ethyl adjacent to an activating group) is 1. The summed E-state index contributed by atoms with van der Waals surface area (Å²) < 4.78 is 2.27. The van der Waals surface area contributed by atoms with Crippen molar-refractivity contribution in [3.05, 3.63) is 24.0 Å². The second-order valence-electron chi connectivity index (χ2n) is 4.72. The fourth-order valence-corrected chi connectivity index (χ4v) is 1.60. The standard InChI is InChI=1S/C12H21N3/c1-14(2)7-8-15-6-5-11(10-15)9-13-12-3-4-12/h5-6,10,12-13H,3-4,7-9H2,1-2H3. The fraction of sp³-hybridized carbons (Fsp3) is 0.667. The molecule has 0 spiro atoms. The van der Waals surface area contributed by atoms with E-state index in [2.05, 4.69) is 47.3 Å². The van der Waals surface area contributed by atoms with Gasteiger partial charge in [0.05, 0.1) is 0 Å². The maximum atomic E-state index is 3.53. The van der Waals surface area contributed by atoms with Crippen LogP contribution >= 0.6 is 0 Å². The minimum atomic E-state index is 0.801. The highest BCUT2D eigenvalue weighted by molar-refractivity contribution is 5.10. The van der Waals surface area contributed by atoms with E-state index >= 15 is 0 Å². The molecule has 84 valence electrons. The lowest BCUT2D eigenvalue weighted by molar-refractivity contribution is 0.384. The zero-order valence-corrected chi connectivity index (χ0v) is 9.74. The Morgan fingerprint density at radius 3 is 2.93 bits per heavy atom. The van der Waals surface area contributed by atoms with Gasteiger partial charge in [-0.25, -0.2) is 0 Å². The Kier molecular flexibility index (Phi) is 3.44. The molecule has 1 aliphatic carbocycles. The summed E-state index contributed by atoms with van der Waals surface area (Å²) in [5.41, 5.74) is 1.40. The normalized spacial score (nSPS) is 16.2. The van der Waals surface area contributed by atoms with Crippen molar-refractivity contribution in [2.75, 3.05) is 20.6 Å². The third kappa shape index (κ3) is 3.68. The third-order valence-electron chi connectivity index (χ3n) is 2.79. The number of nitrogens with zero attached hydrogens (tertiary/aromatic N) is 2. The smallest absolute Gasteiger partial charge is 0.0347 e. The lowest BCUT2D eigenvalue weighted by atomic mass is 10.3. The van der Waals surface area contributed by atoms with E-state index in [0.717, 1.165) is 25.7 Å². The second-order valence-corrected chi connectivity index (χ2v) is 4.72. The van der Waals surface area contributed by atoms with Gasteiger partial charge in [-0.3, -0.25) is 0 Å². The summed E-state index contributed by atoms with van der Waals surface area (Å²) in [5.74, 6) is 0. The van der Waals surface area contributed by atoms with Gasteiger partial charge in [0.25, 0.3) is 0 Å². The predicted octanol–water partition coefficient (Wildman–Crippen LogP) is 1.30. The molecule has 15 heavy (non-hydrogen) atoms. The van der Waals surface area contributed by atoms with Gasteiger partial charge in [-0.05, 0) is 38.6 Å². The van der Waals surface area contributed by atoms with Crippen molar-refractivity contribution in [2.24, 2.45) is 0 Å². The van der Waals surface area contributed by atoms with Crippen molar-refractivity contribution in [2.45, 2.75) is 32.0 Å².